The molecule has 110 valence electrons. The summed E-state index contributed by atoms with van der Waals surface area (Å²) >= 11 is 1.72. The van der Waals surface area contributed by atoms with Gasteiger partial charge in [0.25, 0.3) is 0 Å². The molecule has 4 heteroatoms. The van der Waals surface area contributed by atoms with Gasteiger partial charge in [0.05, 0.1) is 6.04 Å². The fourth-order valence-corrected chi connectivity index (χ4v) is 3.61. The molecule has 1 N–H and O–H groups in total. The second kappa shape index (κ2) is 6.00. The predicted molar refractivity (Wildman–Crippen MR) is 87.8 cm³/mol. The summed E-state index contributed by atoms with van der Waals surface area (Å²) in [5, 5.41) is 5.48. The van der Waals surface area contributed by atoms with Crippen LogP contribution >= 0.6 is 11.3 Å². The molecular weight excluding hydrogens is 280 g/mol. The molecule has 3 nitrogen and oxygen atoms in total. The minimum Gasteiger partial charge on any atom is -0.310 e. The highest BCUT2D eigenvalue weighted by Crippen LogP contribution is 2.28. The number of hydrogen-bond acceptors (Lipinski definition) is 3. The SMILES string of the molecule is C[C@H](N[C@H](C)c1cccs1)C(=O)N1CCc2ccccc21. The van der Waals surface area contributed by atoms with Gasteiger partial charge >= 0.3 is 0 Å². The number of amides is 1. The highest BCUT2D eigenvalue weighted by atomic mass is 32.1. The number of thiophene rings is 1. The summed E-state index contributed by atoms with van der Waals surface area (Å²) in [4.78, 5) is 15.9. The van der Waals surface area contributed by atoms with Crippen LogP contribution in [0.2, 0.25) is 0 Å². The Morgan fingerprint density at radius 2 is 2.05 bits per heavy atom. The molecule has 0 unspecified atom stereocenters. The van der Waals surface area contributed by atoms with E-state index in [4.69, 9.17) is 0 Å². The van der Waals surface area contributed by atoms with Gasteiger partial charge in [-0.05, 0) is 43.3 Å². The summed E-state index contributed by atoms with van der Waals surface area (Å²) < 4.78 is 0. The van der Waals surface area contributed by atoms with Crippen LogP contribution in [0.3, 0.4) is 0 Å². The third kappa shape index (κ3) is 2.87. The Kier molecular flexibility index (Phi) is 4.08. The normalized spacial score (nSPS) is 16.6. The molecule has 1 aliphatic rings. The first kappa shape index (κ1) is 14.3. The van der Waals surface area contributed by atoms with E-state index in [1.165, 1.54) is 10.4 Å². The highest BCUT2D eigenvalue weighted by molar-refractivity contribution is 7.10. The number of carbonyl (C=O) groups is 1. The lowest BCUT2D eigenvalue weighted by Crippen LogP contribution is -2.45. The molecule has 2 heterocycles. The molecule has 1 aliphatic heterocycles. The topological polar surface area (TPSA) is 32.3 Å². The van der Waals surface area contributed by atoms with E-state index in [0.29, 0.717) is 0 Å². The van der Waals surface area contributed by atoms with Crippen molar-refractivity contribution in [2.75, 3.05) is 11.4 Å². The van der Waals surface area contributed by atoms with Crippen LogP contribution in [-0.2, 0) is 11.2 Å². The van der Waals surface area contributed by atoms with E-state index >= 15 is 0 Å². The lowest BCUT2D eigenvalue weighted by atomic mass is 10.1. The van der Waals surface area contributed by atoms with Gasteiger partial charge in [-0.1, -0.05) is 24.3 Å². The van der Waals surface area contributed by atoms with Crippen LogP contribution in [0, 0.1) is 0 Å². The van der Waals surface area contributed by atoms with E-state index in [9.17, 15) is 4.79 Å². The Balaban J connectivity index is 1.68. The molecule has 3 rings (SSSR count). The van der Waals surface area contributed by atoms with Crippen LogP contribution in [0.15, 0.2) is 41.8 Å². The van der Waals surface area contributed by atoms with E-state index in [1.807, 2.05) is 36.1 Å². The van der Waals surface area contributed by atoms with Crippen molar-refractivity contribution in [1.29, 1.82) is 0 Å². The van der Waals surface area contributed by atoms with Crippen molar-refractivity contribution < 1.29 is 4.79 Å². The second-order valence-electron chi connectivity index (χ2n) is 5.49. The Morgan fingerprint density at radius 1 is 1.24 bits per heavy atom. The number of anilines is 1. The average Bonchev–Trinajstić information content (AvgIpc) is 3.15. The number of rotatable bonds is 4. The zero-order chi connectivity index (χ0) is 14.8. The monoisotopic (exact) mass is 300 g/mol. The molecule has 0 bridgehead atoms. The standard InChI is InChI=1S/C17H20N2OS/c1-12(16-8-5-11-21-16)18-13(2)17(20)19-10-9-14-6-3-4-7-15(14)19/h3-8,11-13,18H,9-10H2,1-2H3/t12-,13+/m1/s1. The molecule has 0 aliphatic carbocycles. The molecule has 1 aromatic carbocycles. The molecule has 0 saturated carbocycles. The Hall–Kier alpha value is -1.65. The van der Waals surface area contributed by atoms with Gasteiger partial charge in [-0.15, -0.1) is 11.3 Å². The van der Waals surface area contributed by atoms with Crippen molar-refractivity contribution in [2.45, 2.75) is 32.4 Å². The van der Waals surface area contributed by atoms with E-state index in [2.05, 4.69) is 29.8 Å². The molecule has 0 fully saturated rings. The van der Waals surface area contributed by atoms with Crippen LogP contribution in [0.4, 0.5) is 5.69 Å². The molecular formula is C17H20N2OS. The van der Waals surface area contributed by atoms with Gasteiger partial charge in [0, 0.05) is 23.2 Å². The van der Waals surface area contributed by atoms with Gasteiger partial charge in [0.1, 0.15) is 0 Å². The number of nitrogens with zero attached hydrogens (tertiary/aromatic N) is 1. The van der Waals surface area contributed by atoms with Gasteiger partial charge in [-0.3, -0.25) is 10.1 Å². The summed E-state index contributed by atoms with van der Waals surface area (Å²) in [6, 6.07) is 12.3. The second-order valence-corrected chi connectivity index (χ2v) is 6.47. The number of nitrogens with one attached hydrogen (secondary N) is 1. The molecule has 21 heavy (non-hydrogen) atoms. The first-order chi connectivity index (χ1) is 10.2. The first-order valence-electron chi connectivity index (χ1n) is 7.35. The van der Waals surface area contributed by atoms with Crippen molar-refractivity contribution in [3.05, 3.63) is 52.2 Å². The van der Waals surface area contributed by atoms with E-state index < -0.39 is 0 Å². The number of carbonyl (C=O) groups excluding carboxylic acids is 1. The molecule has 1 amide bonds. The summed E-state index contributed by atoms with van der Waals surface area (Å²) in [5.41, 5.74) is 2.34. The fourth-order valence-electron chi connectivity index (χ4n) is 2.87. The zero-order valence-corrected chi connectivity index (χ0v) is 13.2. The zero-order valence-electron chi connectivity index (χ0n) is 12.4. The van der Waals surface area contributed by atoms with Crippen LogP contribution in [0.25, 0.3) is 0 Å². The van der Waals surface area contributed by atoms with Gasteiger partial charge in [-0.2, -0.15) is 0 Å². The van der Waals surface area contributed by atoms with Crippen LogP contribution in [-0.4, -0.2) is 18.5 Å². The summed E-state index contributed by atoms with van der Waals surface area (Å²) in [6.45, 7) is 4.85. The molecule has 0 spiro atoms. The molecule has 1 aromatic heterocycles. The lowest BCUT2D eigenvalue weighted by molar-refractivity contribution is -0.120. The van der Waals surface area contributed by atoms with Crippen molar-refractivity contribution >= 4 is 22.9 Å². The van der Waals surface area contributed by atoms with Gasteiger partial charge in [-0.25, -0.2) is 0 Å². The molecule has 0 saturated heterocycles. The maximum atomic E-state index is 12.7. The smallest absolute Gasteiger partial charge is 0.243 e. The molecule has 2 atom stereocenters. The van der Waals surface area contributed by atoms with Crippen LogP contribution in [0.5, 0.6) is 0 Å². The quantitative estimate of drug-likeness (QED) is 0.939. The van der Waals surface area contributed by atoms with Gasteiger partial charge in [0.15, 0.2) is 0 Å². The van der Waals surface area contributed by atoms with Crippen molar-refractivity contribution in [3.8, 4) is 0 Å². The summed E-state index contributed by atoms with van der Waals surface area (Å²) in [7, 11) is 0. The minimum atomic E-state index is -0.187. The number of fused-ring (bicyclic) bond motifs is 1. The third-order valence-corrected chi connectivity index (χ3v) is 5.05. The number of para-hydroxylation sites is 1. The van der Waals surface area contributed by atoms with Crippen LogP contribution < -0.4 is 10.2 Å². The van der Waals surface area contributed by atoms with Crippen LogP contribution in [0.1, 0.15) is 30.3 Å². The fraction of sp³-hybridized carbons (Fsp3) is 0.353. The molecule has 0 radical (unpaired) electrons. The van der Waals surface area contributed by atoms with Crippen molar-refractivity contribution in [3.63, 3.8) is 0 Å². The maximum absolute atomic E-state index is 12.7. The predicted octanol–water partition coefficient (Wildman–Crippen LogP) is 3.38. The Labute approximate surface area is 129 Å². The number of hydrogen-bond donors (Lipinski definition) is 1. The van der Waals surface area contributed by atoms with Gasteiger partial charge < -0.3 is 4.90 Å². The Bertz CT molecular complexity index is 623. The highest BCUT2D eigenvalue weighted by Gasteiger charge is 2.28. The lowest BCUT2D eigenvalue weighted by Gasteiger charge is -2.24. The molecule has 2 aromatic rings. The third-order valence-electron chi connectivity index (χ3n) is 3.99. The largest absolute Gasteiger partial charge is 0.310 e. The average molecular weight is 300 g/mol. The van der Waals surface area contributed by atoms with E-state index in [-0.39, 0.29) is 18.0 Å². The van der Waals surface area contributed by atoms with Gasteiger partial charge in [0.2, 0.25) is 5.91 Å². The minimum absolute atomic E-state index is 0.156. The summed E-state index contributed by atoms with van der Waals surface area (Å²) in [5.74, 6) is 0.156. The van der Waals surface area contributed by atoms with Crippen molar-refractivity contribution in [1.82, 2.24) is 5.32 Å². The van der Waals surface area contributed by atoms with E-state index in [0.717, 1.165) is 18.7 Å². The van der Waals surface area contributed by atoms with Crippen molar-refractivity contribution in [2.24, 2.45) is 0 Å². The number of benzene rings is 1. The summed E-state index contributed by atoms with van der Waals surface area (Å²) in [6.07, 6.45) is 0.953. The Morgan fingerprint density at radius 3 is 2.81 bits per heavy atom. The maximum Gasteiger partial charge on any atom is 0.243 e. The van der Waals surface area contributed by atoms with E-state index in [1.54, 1.807) is 11.3 Å². The first-order valence-corrected chi connectivity index (χ1v) is 8.23.